The number of para-hydroxylation sites is 1. The molecule has 1 amide bonds. The van der Waals surface area contributed by atoms with Crippen molar-refractivity contribution >= 4 is 22.8 Å². The van der Waals surface area contributed by atoms with Crippen LogP contribution in [-0.4, -0.2) is 32.6 Å². The summed E-state index contributed by atoms with van der Waals surface area (Å²) in [5, 5.41) is 15.3. The molecule has 0 saturated carbocycles. The van der Waals surface area contributed by atoms with E-state index in [4.69, 9.17) is 15.5 Å². The maximum atomic E-state index is 13.5. The minimum absolute atomic E-state index is 0.00412. The summed E-state index contributed by atoms with van der Waals surface area (Å²) in [4.78, 5) is 42.7. The van der Waals surface area contributed by atoms with Crippen LogP contribution in [0.2, 0.25) is 0 Å². The summed E-state index contributed by atoms with van der Waals surface area (Å²) >= 11 is 0. The van der Waals surface area contributed by atoms with Crippen LogP contribution in [0.3, 0.4) is 0 Å². The number of hydrogen-bond donors (Lipinski definition) is 3. The number of benzene rings is 1. The van der Waals surface area contributed by atoms with Gasteiger partial charge in [0.05, 0.1) is 35.1 Å². The van der Waals surface area contributed by atoms with Crippen molar-refractivity contribution in [3.63, 3.8) is 0 Å². The highest BCUT2D eigenvalue weighted by Gasteiger charge is 2.45. The van der Waals surface area contributed by atoms with Crippen LogP contribution in [0.25, 0.3) is 22.3 Å². The second-order valence-corrected chi connectivity index (χ2v) is 9.54. The molecule has 0 radical (unpaired) electrons. The lowest BCUT2D eigenvalue weighted by Crippen LogP contribution is -2.44. The van der Waals surface area contributed by atoms with Gasteiger partial charge < -0.3 is 25.5 Å². The third-order valence-electron chi connectivity index (χ3n) is 7.19. The first-order chi connectivity index (χ1) is 16.7. The van der Waals surface area contributed by atoms with Crippen LogP contribution < -0.4 is 16.6 Å². The molecule has 9 nitrogen and oxygen atoms in total. The van der Waals surface area contributed by atoms with E-state index in [2.05, 4.69) is 5.32 Å². The fourth-order valence-electron chi connectivity index (χ4n) is 5.19. The standard InChI is InChI=1S/C26H28N4O5/c1-4-26(34)18-9-20-22-16(11-30(20)24(32)17(18)12-35-25(26)33)15(10-28-21(13(2)3)23(27)31)14-7-5-6-8-19(14)29-22/h5-9,13,21,28,34H,4,10-12H2,1-3H3,(H2,27,31)/t21-,26-/m0/s1. The van der Waals surface area contributed by atoms with Crippen molar-refractivity contribution in [1.82, 2.24) is 14.9 Å². The van der Waals surface area contributed by atoms with Crippen LogP contribution in [0.15, 0.2) is 35.1 Å². The Kier molecular flexibility index (Phi) is 5.49. The fourth-order valence-corrected chi connectivity index (χ4v) is 5.19. The molecule has 182 valence electrons. The molecule has 4 heterocycles. The summed E-state index contributed by atoms with van der Waals surface area (Å²) in [7, 11) is 0. The Balaban J connectivity index is 1.70. The van der Waals surface area contributed by atoms with E-state index in [0.29, 0.717) is 17.9 Å². The van der Waals surface area contributed by atoms with Gasteiger partial charge >= 0.3 is 5.97 Å². The normalized spacial score (nSPS) is 19.3. The molecule has 2 atom stereocenters. The van der Waals surface area contributed by atoms with Gasteiger partial charge in [-0.15, -0.1) is 0 Å². The summed E-state index contributed by atoms with van der Waals surface area (Å²) in [6.45, 7) is 6.00. The molecular formula is C26H28N4O5. The third-order valence-corrected chi connectivity index (χ3v) is 7.19. The molecule has 1 aromatic carbocycles. The minimum Gasteiger partial charge on any atom is -0.458 e. The van der Waals surface area contributed by atoms with Crippen molar-refractivity contribution in [3.05, 3.63) is 62.9 Å². The van der Waals surface area contributed by atoms with E-state index < -0.39 is 23.5 Å². The molecule has 0 fully saturated rings. The minimum atomic E-state index is -1.88. The molecule has 0 bridgehead atoms. The van der Waals surface area contributed by atoms with E-state index in [1.165, 1.54) is 0 Å². The van der Waals surface area contributed by atoms with Gasteiger partial charge in [-0.25, -0.2) is 9.78 Å². The van der Waals surface area contributed by atoms with Crippen molar-refractivity contribution in [1.29, 1.82) is 0 Å². The highest BCUT2D eigenvalue weighted by molar-refractivity contribution is 5.89. The Labute approximate surface area is 201 Å². The molecule has 35 heavy (non-hydrogen) atoms. The number of primary amides is 1. The van der Waals surface area contributed by atoms with Gasteiger partial charge in [0.25, 0.3) is 5.56 Å². The number of amides is 1. The number of esters is 1. The van der Waals surface area contributed by atoms with Gasteiger partial charge in [0.2, 0.25) is 5.91 Å². The van der Waals surface area contributed by atoms with Crippen molar-refractivity contribution in [2.24, 2.45) is 11.7 Å². The molecule has 5 rings (SSSR count). The molecule has 2 aliphatic heterocycles. The molecule has 0 spiro atoms. The summed E-state index contributed by atoms with van der Waals surface area (Å²) in [6.07, 6.45) is 0.0820. The van der Waals surface area contributed by atoms with Gasteiger partial charge in [0.15, 0.2) is 5.60 Å². The van der Waals surface area contributed by atoms with Crippen LogP contribution in [-0.2, 0) is 39.6 Å². The van der Waals surface area contributed by atoms with E-state index in [1.54, 1.807) is 17.6 Å². The predicted molar refractivity (Wildman–Crippen MR) is 129 cm³/mol. The molecule has 0 unspecified atom stereocenters. The van der Waals surface area contributed by atoms with Gasteiger partial charge in [0, 0.05) is 23.1 Å². The monoisotopic (exact) mass is 476 g/mol. The SMILES string of the molecule is CC[C@@]1(O)C(=O)OCc2c1cc1n(c2=O)Cc2c-1nc1ccccc1c2CN[C@H](C(N)=O)C(C)C. The average molecular weight is 477 g/mol. The average Bonchev–Trinajstić information content (AvgIpc) is 3.19. The van der Waals surface area contributed by atoms with Crippen LogP contribution >= 0.6 is 0 Å². The van der Waals surface area contributed by atoms with Gasteiger partial charge in [-0.05, 0) is 30.0 Å². The number of hydrogen-bond acceptors (Lipinski definition) is 7. The second kappa shape index (κ2) is 8.28. The zero-order valence-corrected chi connectivity index (χ0v) is 19.9. The zero-order valence-electron chi connectivity index (χ0n) is 19.9. The van der Waals surface area contributed by atoms with Gasteiger partial charge in [0.1, 0.15) is 6.61 Å². The van der Waals surface area contributed by atoms with Crippen molar-refractivity contribution in [2.75, 3.05) is 0 Å². The fraction of sp³-hybridized carbons (Fsp3) is 0.385. The van der Waals surface area contributed by atoms with E-state index in [-0.39, 0.29) is 42.2 Å². The van der Waals surface area contributed by atoms with Crippen LogP contribution in [0.5, 0.6) is 0 Å². The number of aliphatic hydroxyl groups is 1. The lowest BCUT2D eigenvalue weighted by atomic mass is 9.86. The topological polar surface area (TPSA) is 137 Å². The summed E-state index contributed by atoms with van der Waals surface area (Å²) in [6, 6.07) is 8.86. The number of cyclic esters (lactones) is 1. The number of nitrogens with one attached hydrogen (secondary N) is 1. The summed E-state index contributed by atoms with van der Waals surface area (Å²) in [5.74, 6) is -1.17. The summed E-state index contributed by atoms with van der Waals surface area (Å²) in [5.41, 5.74) is 7.69. The molecule has 0 aliphatic carbocycles. The lowest BCUT2D eigenvalue weighted by Gasteiger charge is -2.31. The Hall–Kier alpha value is -3.56. The number of rotatable bonds is 6. The number of fused-ring (bicyclic) bond motifs is 5. The van der Waals surface area contributed by atoms with Crippen LogP contribution in [0.4, 0.5) is 0 Å². The number of aromatic nitrogens is 2. The summed E-state index contributed by atoms with van der Waals surface area (Å²) < 4.78 is 6.77. The predicted octanol–water partition coefficient (Wildman–Crippen LogP) is 1.68. The lowest BCUT2D eigenvalue weighted by molar-refractivity contribution is -0.172. The first-order valence-electron chi connectivity index (χ1n) is 11.8. The molecule has 0 saturated heterocycles. The molecule has 2 aliphatic rings. The van der Waals surface area contributed by atoms with Crippen molar-refractivity contribution < 1.29 is 19.4 Å². The van der Waals surface area contributed by atoms with Crippen molar-refractivity contribution in [3.8, 4) is 11.4 Å². The van der Waals surface area contributed by atoms with Crippen LogP contribution in [0.1, 0.15) is 49.4 Å². The first-order valence-corrected chi connectivity index (χ1v) is 11.8. The molecule has 9 heteroatoms. The molecule has 2 aromatic heterocycles. The largest absolute Gasteiger partial charge is 0.458 e. The smallest absolute Gasteiger partial charge is 0.343 e. The maximum Gasteiger partial charge on any atom is 0.343 e. The van der Waals surface area contributed by atoms with E-state index in [0.717, 1.165) is 22.0 Å². The Morgan fingerprint density at radius 1 is 1.29 bits per heavy atom. The quantitative estimate of drug-likeness (QED) is 0.360. The number of ether oxygens (including phenoxy) is 1. The molecular weight excluding hydrogens is 448 g/mol. The maximum absolute atomic E-state index is 13.5. The molecule has 3 aromatic rings. The molecule has 4 N–H and O–H groups in total. The number of pyridine rings is 2. The highest BCUT2D eigenvalue weighted by atomic mass is 16.6. The first kappa shape index (κ1) is 23.2. The van der Waals surface area contributed by atoms with Crippen LogP contribution in [0, 0.1) is 5.92 Å². The van der Waals surface area contributed by atoms with E-state index in [1.807, 2.05) is 38.1 Å². The van der Waals surface area contributed by atoms with Gasteiger partial charge in [-0.2, -0.15) is 0 Å². The van der Waals surface area contributed by atoms with Crippen molar-refractivity contribution in [2.45, 2.75) is 58.5 Å². The van der Waals surface area contributed by atoms with E-state index >= 15 is 0 Å². The van der Waals surface area contributed by atoms with Gasteiger partial charge in [-0.1, -0.05) is 39.0 Å². The number of carbonyl (C=O) groups excluding carboxylic acids is 2. The number of carbonyl (C=O) groups is 2. The Morgan fingerprint density at radius 2 is 2.03 bits per heavy atom. The number of nitrogens with two attached hydrogens (primary N) is 1. The van der Waals surface area contributed by atoms with Gasteiger partial charge in [-0.3, -0.25) is 9.59 Å². The van der Waals surface area contributed by atoms with E-state index in [9.17, 15) is 19.5 Å². The Bertz CT molecular complexity index is 1440. The Morgan fingerprint density at radius 3 is 2.71 bits per heavy atom. The second-order valence-electron chi connectivity index (χ2n) is 9.54. The highest BCUT2D eigenvalue weighted by Crippen LogP contribution is 2.40. The zero-order chi connectivity index (χ0) is 25.1. The third kappa shape index (κ3) is 3.45. The number of nitrogens with zero attached hydrogens (tertiary/aromatic N) is 2.